The van der Waals surface area contributed by atoms with Crippen molar-refractivity contribution in [3.8, 4) is 0 Å². The summed E-state index contributed by atoms with van der Waals surface area (Å²) >= 11 is 0. The van der Waals surface area contributed by atoms with Gasteiger partial charge >= 0.3 is 6.03 Å². The maximum atomic E-state index is 13.4. The quantitative estimate of drug-likeness (QED) is 0.768. The van der Waals surface area contributed by atoms with E-state index in [9.17, 15) is 9.18 Å². The van der Waals surface area contributed by atoms with E-state index in [-0.39, 0.29) is 17.6 Å². The number of carbonyl (C=O) groups is 1. The first kappa shape index (κ1) is 13.3. The number of halogens is 1. The van der Waals surface area contributed by atoms with Crippen LogP contribution in [0.5, 0.6) is 0 Å². The molecular formula is C12H23FN2O. The zero-order valence-electron chi connectivity index (χ0n) is 10.9. The first-order valence-corrected chi connectivity index (χ1v) is 5.91. The number of hydrogen-bond acceptors (Lipinski definition) is 1. The van der Waals surface area contributed by atoms with Crippen molar-refractivity contribution < 1.29 is 9.18 Å². The van der Waals surface area contributed by atoms with E-state index in [1.165, 1.54) is 0 Å². The Bertz CT molecular complexity index is 268. The number of amides is 2. The number of urea groups is 1. The van der Waals surface area contributed by atoms with Crippen LogP contribution in [-0.2, 0) is 0 Å². The highest BCUT2D eigenvalue weighted by Crippen LogP contribution is 2.43. The van der Waals surface area contributed by atoms with Gasteiger partial charge in [-0.3, -0.25) is 0 Å². The molecule has 2 amide bonds. The Morgan fingerprint density at radius 2 is 1.75 bits per heavy atom. The van der Waals surface area contributed by atoms with Crippen LogP contribution in [0.3, 0.4) is 0 Å². The molecule has 0 radical (unpaired) electrons. The fourth-order valence-electron chi connectivity index (χ4n) is 2.35. The predicted molar refractivity (Wildman–Crippen MR) is 63.1 cm³/mol. The van der Waals surface area contributed by atoms with Gasteiger partial charge in [-0.25, -0.2) is 9.18 Å². The van der Waals surface area contributed by atoms with Crippen LogP contribution in [0.2, 0.25) is 0 Å². The molecule has 16 heavy (non-hydrogen) atoms. The molecule has 3 nitrogen and oxygen atoms in total. The van der Waals surface area contributed by atoms with E-state index in [4.69, 9.17) is 0 Å². The molecule has 0 heterocycles. The van der Waals surface area contributed by atoms with E-state index in [2.05, 4.69) is 24.5 Å². The minimum atomic E-state index is -1.12. The second kappa shape index (κ2) is 4.22. The average Bonchev–Trinajstić information content (AvgIpc) is 1.97. The van der Waals surface area contributed by atoms with Gasteiger partial charge in [0.25, 0.3) is 0 Å². The van der Waals surface area contributed by atoms with Gasteiger partial charge in [0.15, 0.2) is 0 Å². The van der Waals surface area contributed by atoms with Gasteiger partial charge in [-0.05, 0) is 26.7 Å². The van der Waals surface area contributed by atoms with Crippen molar-refractivity contribution in [2.75, 3.05) is 0 Å². The molecule has 1 rings (SSSR count). The third-order valence-corrected chi connectivity index (χ3v) is 3.29. The molecule has 1 aliphatic rings. The normalized spacial score (nSPS) is 35.4. The van der Waals surface area contributed by atoms with Crippen molar-refractivity contribution in [3.63, 3.8) is 0 Å². The van der Waals surface area contributed by atoms with Crippen LogP contribution in [0.25, 0.3) is 0 Å². The van der Waals surface area contributed by atoms with Gasteiger partial charge in [0.1, 0.15) is 5.67 Å². The zero-order valence-corrected chi connectivity index (χ0v) is 10.9. The summed E-state index contributed by atoms with van der Waals surface area (Å²) in [6, 6.07) is -0.0698. The topological polar surface area (TPSA) is 41.1 Å². The maximum absolute atomic E-state index is 13.4. The van der Waals surface area contributed by atoms with E-state index < -0.39 is 5.67 Å². The molecule has 1 aliphatic carbocycles. The van der Waals surface area contributed by atoms with E-state index in [1.54, 1.807) is 6.92 Å². The van der Waals surface area contributed by atoms with Crippen LogP contribution in [0, 0.1) is 5.92 Å². The summed E-state index contributed by atoms with van der Waals surface area (Å²) in [4.78, 5) is 11.6. The fraction of sp³-hybridized carbons (Fsp3) is 0.917. The second-order valence-corrected chi connectivity index (χ2v) is 5.96. The van der Waals surface area contributed by atoms with Crippen LogP contribution in [0.15, 0.2) is 0 Å². The largest absolute Gasteiger partial charge is 0.335 e. The van der Waals surface area contributed by atoms with Gasteiger partial charge in [-0.15, -0.1) is 0 Å². The Balaban J connectivity index is 2.36. The Labute approximate surface area is 97.2 Å². The molecule has 1 fully saturated rings. The van der Waals surface area contributed by atoms with Crippen LogP contribution in [0.4, 0.5) is 9.18 Å². The van der Waals surface area contributed by atoms with Crippen LogP contribution in [0.1, 0.15) is 47.5 Å². The average molecular weight is 230 g/mol. The SMILES string of the molecule is CC(C)[C@@H](C)NC(=O)NC1(C)CC(C)(F)C1. The van der Waals surface area contributed by atoms with Crippen molar-refractivity contribution in [3.05, 3.63) is 0 Å². The summed E-state index contributed by atoms with van der Waals surface area (Å²) in [5.74, 6) is 0.395. The molecule has 94 valence electrons. The van der Waals surface area contributed by atoms with E-state index in [1.807, 2.05) is 13.8 Å². The first-order valence-electron chi connectivity index (χ1n) is 5.91. The molecule has 0 saturated heterocycles. The van der Waals surface area contributed by atoms with Gasteiger partial charge in [-0.1, -0.05) is 13.8 Å². The van der Waals surface area contributed by atoms with E-state index in [0.29, 0.717) is 18.8 Å². The third kappa shape index (κ3) is 3.35. The minimum absolute atomic E-state index is 0.125. The standard InChI is InChI=1S/C12H23FN2O/c1-8(2)9(3)14-10(16)15-12(5)6-11(4,13)7-12/h8-9H,6-7H2,1-5H3,(H2,14,15,16)/t9-,11?,12?/m1/s1. The summed E-state index contributed by atoms with van der Waals surface area (Å²) in [5, 5.41) is 5.70. The molecule has 0 spiro atoms. The number of rotatable bonds is 3. The Hall–Kier alpha value is -0.800. The third-order valence-electron chi connectivity index (χ3n) is 3.29. The van der Waals surface area contributed by atoms with Gasteiger partial charge in [0, 0.05) is 24.4 Å². The lowest BCUT2D eigenvalue weighted by Crippen LogP contribution is -2.63. The molecule has 0 aliphatic heterocycles. The summed E-state index contributed by atoms with van der Waals surface area (Å²) in [7, 11) is 0. The summed E-state index contributed by atoms with van der Waals surface area (Å²) in [6.07, 6.45) is 0.785. The molecule has 4 heteroatoms. The fourth-order valence-corrected chi connectivity index (χ4v) is 2.35. The van der Waals surface area contributed by atoms with Crippen LogP contribution >= 0.6 is 0 Å². The lowest BCUT2D eigenvalue weighted by atomic mass is 9.68. The highest BCUT2D eigenvalue weighted by molar-refractivity contribution is 5.75. The van der Waals surface area contributed by atoms with Crippen molar-refractivity contribution >= 4 is 6.03 Å². The number of carbonyl (C=O) groups excluding carboxylic acids is 1. The molecule has 2 N–H and O–H groups in total. The lowest BCUT2D eigenvalue weighted by Gasteiger charge is -2.48. The highest BCUT2D eigenvalue weighted by Gasteiger charge is 2.50. The van der Waals surface area contributed by atoms with Gasteiger partial charge in [0.2, 0.25) is 0 Å². The molecule has 0 aromatic rings. The Morgan fingerprint density at radius 1 is 1.25 bits per heavy atom. The summed E-state index contributed by atoms with van der Waals surface area (Å²) in [5.41, 5.74) is -1.50. The monoisotopic (exact) mass is 230 g/mol. The highest BCUT2D eigenvalue weighted by atomic mass is 19.1. The molecule has 0 unspecified atom stereocenters. The predicted octanol–water partition coefficient (Wildman–Crippen LogP) is 2.61. The zero-order chi connectivity index (χ0) is 12.6. The van der Waals surface area contributed by atoms with Gasteiger partial charge < -0.3 is 10.6 Å². The molecular weight excluding hydrogens is 207 g/mol. The van der Waals surface area contributed by atoms with Crippen LogP contribution < -0.4 is 10.6 Å². The lowest BCUT2D eigenvalue weighted by molar-refractivity contribution is -0.00128. The first-order chi connectivity index (χ1) is 7.14. The number of hydrogen-bond donors (Lipinski definition) is 2. The minimum Gasteiger partial charge on any atom is -0.335 e. The van der Waals surface area contributed by atoms with Crippen LogP contribution in [-0.4, -0.2) is 23.3 Å². The van der Waals surface area contributed by atoms with E-state index in [0.717, 1.165) is 0 Å². The Kier molecular flexibility index (Phi) is 3.50. The van der Waals surface area contributed by atoms with Crippen molar-refractivity contribution in [2.45, 2.75) is 64.7 Å². The smallest absolute Gasteiger partial charge is 0.315 e. The molecule has 0 aromatic heterocycles. The second-order valence-electron chi connectivity index (χ2n) is 5.96. The van der Waals surface area contributed by atoms with E-state index >= 15 is 0 Å². The van der Waals surface area contributed by atoms with Crippen molar-refractivity contribution in [2.24, 2.45) is 5.92 Å². The van der Waals surface area contributed by atoms with Gasteiger partial charge in [0.05, 0.1) is 0 Å². The Morgan fingerprint density at radius 3 is 2.12 bits per heavy atom. The summed E-state index contributed by atoms with van der Waals surface area (Å²) in [6.45, 7) is 9.52. The maximum Gasteiger partial charge on any atom is 0.315 e. The molecule has 1 atom stereocenters. The molecule has 0 aromatic carbocycles. The number of alkyl halides is 1. The van der Waals surface area contributed by atoms with Gasteiger partial charge in [-0.2, -0.15) is 0 Å². The van der Waals surface area contributed by atoms with Crippen molar-refractivity contribution in [1.82, 2.24) is 10.6 Å². The number of nitrogens with one attached hydrogen (secondary N) is 2. The summed E-state index contributed by atoms with van der Waals surface area (Å²) < 4.78 is 13.4. The molecule has 0 bridgehead atoms. The molecule has 1 saturated carbocycles. The van der Waals surface area contributed by atoms with Crippen molar-refractivity contribution in [1.29, 1.82) is 0 Å².